The Hall–Kier alpha value is -1.86. The summed E-state index contributed by atoms with van der Waals surface area (Å²) in [4.78, 5) is 4.02. The van der Waals surface area contributed by atoms with E-state index in [9.17, 15) is 0 Å². The predicted molar refractivity (Wildman–Crippen MR) is 49.9 cm³/mol. The van der Waals surface area contributed by atoms with Gasteiger partial charge in [-0.25, -0.2) is 9.67 Å². The van der Waals surface area contributed by atoms with Crippen LogP contribution in [0.2, 0.25) is 5.15 Å². The van der Waals surface area contributed by atoms with E-state index < -0.39 is 0 Å². The van der Waals surface area contributed by atoms with Gasteiger partial charge < -0.3 is 0 Å². The van der Waals surface area contributed by atoms with Crippen LogP contribution in [0.25, 0.3) is 5.82 Å². The average Bonchev–Trinajstić information content (AvgIpc) is 2.65. The SMILES string of the molecule is N#Cc1cccnc1-n1[c]cc(Cl)n1. The molecule has 14 heavy (non-hydrogen) atoms. The van der Waals surface area contributed by atoms with Gasteiger partial charge in [0.25, 0.3) is 0 Å². The number of rotatable bonds is 1. The maximum Gasteiger partial charge on any atom is 0.172 e. The summed E-state index contributed by atoms with van der Waals surface area (Å²) in [6.45, 7) is 0. The second-order valence-corrected chi connectivity index (χ2v) is 2.88. The number of halogens is 1. The Kier molecular flexibility index (Phi) is 2.17. The quantitative estimate of drug-likeness (QED) is 0.707. The summed E-state index contributed by atoms with van der Waals surface area (Å²) in [5.41, 5.74) is 0.434. The number of nitrogens with zero attached hydrogens (tertiary/aromatic N) is 4. The van der Waals surface area contributed by atoms with Crippen LogP contribution in [0.5, 0.6) is 0 Å². The van der Waals surface area contributed by atoms with Gasteiger partial charge in [0.05, 0.1) is 11.8 Å². The summed E-state index contributed by atoms with van der Waals surface area (Å²) in [5.74, 6) is 0.432. The molecule has 0 saturated carbocycles. The molecule has 0 aromatic carbocycles. The first-order valence-electron chi connectivity index (χ1n) is 3.80. The van der Waals surface area contributed by atoms with Crippen molar-refractivity contribution in [2.75, 3.05) is 0 Å². The molecule has 0 unspecified atom stereocenters. The molecule has 2 aromatic rings. The van der Waals surface area contributed by atoms with Crippen molar-refractivity contribution < 1.29 is 0 Å². The van der Waals surface area contributed by atoms with Crippen LogP contribution >= 0.6 is 11.6 Å². The molecule has 67 valence electrons. The summed E-state index contributed by atoms with van der Waals surface area (Å²) in [7, 11) is 0. The summed E-state index contributed by atoms with van der Waals surface area (Å²) in [5, 5.41) is 13.0. The fourth-order valence-corrected chi connectivity index (χ4v) is 1.15. The molecule has 0 aliphatic rings. The summed E-state index contributed by atoms with van der Waals surface area (Å²) in [6.07, 6.45) is 4.34. The Morgan fingerprint density at radius 2 is 2.43 bits per heavy atom. The van der Waals surface area contributed by atoms with Gasteiger partial charge in [-0.1, -0.05) is 11.6 Å². The third-order valence-corrected chi connectivity index (χ3v) is 1.79. The molecule has 2 rings (SSSR count). The third kappa shape index (κ3) is 1.45. The first kappa shape index (κ1) is 8.73. The van der Waals surface area contributed by atoms with Crippen LogP contribution in [0.4, 0.5) is 0 Å². The molecule has 0 bridgehead atoms. The van der Waals surface area contributed by atoms with Gasteiger partial charge in [0.2, 0.25) is 0 Å². The van der Waals surface area contributed by atoms with E-state index in [4.69, 9.17) is 16.9 Å². The highest BCUT2D eigenvalue weighted by molar-refractivity contribution is 6.29. The lowest BCUT2D eigenvalue weighted by Gasteiger charge is -1.99. The molecule has 0 aliphatic heterocycles. The summed E-state index contributed by atoms with van der Waals surface area (Å²) < 4.78 is 1.35. The molecule has 0 saturated heterocycles. The second kappa shape index (κ2) is 3.48. The Morgan fingerprint density at radius 1 is 1.57 bits per heavy atom. The molecule has 0 amide bonds. The van der Waals surface area contributed by atoms with Crippen LogP contribution in [-0.4, -0.2) is 14.8 Å². The summed E-state index contributed by atoms with van der Waals surface area (Å²) in [6, 6.07) is 6.87. The van der Waals surface area contributed by atoms with Gasteiger partial charge in [-0.05, 0) is 12.1 Å². The number of hydrogen-bond acceptors (Lipinski definition) is 3. The Bertz CT molecular complexity index is 498. The summed E-state index contributed by atoms with van der Waals surface area (Å²) >= 11 is 5.63. The van der Waals surface area contributed by atoms with E-state index in [1.54, 1.807) is 18.3 Å². The monoisotopic (exact) mass is 203 g/mol. The highest BCUT2D eigenvalue weighted by atomic mass is 35.5. The van der Waals surface area contributed by atoms with Crippen molar-refractivity contribution in [3.63, 3.8) is 0 Å². The second-order valence-electron chi connectivity index (χ2n) is 2.49. The smallest absolute Gasteiger partial charge is 0.172 e. The zero-order chi connectivity index (χ0) is 9.97. The number of pyridine rings is 1. The Balaban J connectivity index is 2.57. The van der Waals surface area contributed by atoms with Crippen LogP contribution in [-0.2, 0) is 0 Å². The fourth-order valence-electron chi connectivity index (χ4n) is 1.03. The molecule has 2 aromatic heterocycles. The van der Waals surface area contributed by atoms with Crippen LogP contribution < -0.4 is 0 Å². The fraction of sp³-hybridized carbons (Fsp3) is 0. The highest BCUT2D eigenvalue weighted by Crippen LogP contribution is 2.11. The van der Waals surface area contributed by atoms with Gasteiger partial charge in [0.1, 0.15) is 6.07 Å². The van der Waals surface area contributed by atoms with E-state index in [0.29, 0.717) is 16.5 Å². The first-order chi connectivity index (χ1) is 6.81. The van der Waals surface area contributed by atoms with Gasteiger partial charge in [-0.3, -0.25) is 0 Å². The largest absolute Gasteiger partial charge is 0.236 e. The van der Waals surface area contributed by atoms with Crippen molar-refractivity contribution in [1.29, 1.82) is 5.26 Å². The normalized spacial score (nSPS) is 9.71. The molecule has 4 nitrogen and oxygen atoms in total. The zero-order valence-corrected chi connectivity index (χ0v) is 7.73. The lowest BCUT2D eigenvalue weighted by molar-refractivity contribution is 0.838. The molecule has 1 radical (unpaired) electrons. The van der Waals surface area contributed by atoms with E-state index in [-0.39, 0.29) is 0 Å². The van der Waals surface area contributed by atoms with Gasteiger partial charge in [0.15, 0.2) is 11.0 Å². The Labute approximate surface area is 85.4 Å². The van der Waals surface area contributed by atoms with Crippen molar-refractivity contribution >= 4 is 11.6 Å². The van der Waals surface area contributed by atoms with Crippen molar-refractivity contribution in [1.82, 2.24) is 14.8 Å². The van der Waals surface area contributed by atoms with E-state index in [2.05, 4.69) is 16.3 Å². The zero-order valence-electron chi connectivity index (χ0n) is 6.98. The number of hydrogen-bond donors (Lipinski definition) is 0. The lowest BCUT2D eigenvalue weighted by Crippen LogP contribution is -2.00. The number of nitriles is 1. The molecule has 5 heteroatoms. The molecule has 0 N–H and O–H groups in total. The standard InChI is InChI=1S/C9H4ClN4/c10-8-3-5-14(13-8)9-7(6-11)2-1-4-12-9/h1-4H. The van der Waals surface area contributed by atoms with E-state index >= 15 is 0 Å². The highest BCUT2D eigenvalue weighted by Gasteiger charge is 2.06. The average molecular weight is 204 g/mol. The minimum Gasteiger partial charge on any atom is -0.236 e. The number of aromatic nitrogens is 3. The Morgan fingerprint density at radius 3 is 3.07 bits per heavy atom. The molecular weight excluding hydrogens is 200 g/mol. The maximum atomic E-state index is 8.81. The molecular formula is C9H4ClN4. The topological polar surface area (TPSA) is 54.5 Å². The van der Waals surface area contributed by atoms with Gasteiger partial charge in [-0.15, -0.1) is 0 Å². The van der Waals surface area contributed by atoms with Crippen LogP contribution in [0.1, 0.15) is 5.56 Å². The first-order valence-corrected chi connectivity index (χ1v) is 4.18. The van der Waals surface area contributed by atoms with Gasteiger partial charge in [-0.2, -0.15) is 10.4 Å². The van der Waals surface area contributed by atoms with Gasteiger partial charge in [0, 0.05) is 12.3 Å². The van der Waals surface area contributed by atoms with Crippen LogP contribution in [0, 0.1) is 17.5 Å². The minimum absolute atomic E-state index is 0.319. The van der Waals surface area contributed by atoms with Crippen molar-refractivity contribution in [2.45, 2.75) is 0 Å². The van der Waals surface area contributed by atoms with Crippen molar-refractivity contribution in [2.24, 2.45) is 0 Å². The van der Waals surface area contributed by atoms with Crippen molar-refractivity contribution in [3.8, 4) is 11.9 Å². The van der Waals surface area contributed by atoms with Crippen LogP contribution in [0.15, 0.2) is 24.4 Å². The molecule has 0 fully saturated rings. The maximum absolute atomic E-state index is 8.81. The molecule has 2 heterocycles. The van der Waals surface area contributed by atoms with Crippen LogP contribution in [0.3, 0.4) is 0 Å². The molecule has 0 spiro atoms. The molecule has 0 atom stereocenters. The predicted octanol–water partition coefficient (Wildman–Crippen LogP) is 1.59. The van der Waals surface area contributed by atoms with Gasteiger partial charge >= 0.3 is 0 Å². The lowest BCUT2D eigenvalue weighted by atomic mass is 10.3. The van der Waals surface area contributed by atoms with E-state index in [1.165, 1.54) is 10.7 Å². The van der Waals surface area contributed by atoms with E-state index in [0.717, 1.165) is 0 Å². The van der Waals surface area contributed by atoms with Crippen molar-refractivity contribution in [3.05, 3.63) is 41.3 Å². The third-order valence-electron chi connectivity index (χ3n) is 1.61. The molecule has 0 aliphatic carbocycles. The minimum atomic E-state index is 0.319. The van der Waals surface area contributed by atoms with E-state index in [1.807, 2.05) is 6.07 Å².